The van der Waals surface area contributed by atoms with Crippen molar-refractivity contribution >= 4 is 32.6 Å². The number of hydrogen-bond acceptors (Lipinski definition) is 6. The molecule has 0 spiro atoms. The number of hydrogen-bond donors (Lipinski definition) is 2. The quantitative estimate of drug-likeness (QED) is 0.562. The molecule has 0 radical (unpaired) electrons. The van der Waals surface area contributed by atoms with Gasteiger partial charge in [0.15, 0.2) is 5.65 Å². The third-order valence-corrected chi connectivity index (χ3v) is 5.02. The predicted molar refractivity (Wildman–Crippen MR) is 102 cm³/mol. The minimum Gasteiger partial charge on any atom is -0.340 e. The van der Waals surface area contributed by atoms with E-state index in [0.717, 1.165) is 16.6 Å². The number of nitrogens with one attached hydrogen (secondary N) is 1. The van der Waals surface area contributed by atoms with Gasteiger partial charge >= 0.3 is 0 Å². The summed E-state index contributed by atoms with van der Waals surface area (Å²) in [6, 6.07) is 14.1. The number of primary sulfonamides is 1. The van der Waals surface area contributed by atoms with Crippen molar-refractivity contribution in [2.24, 2.45) is 5.14 Å². The minimum absolute atomic E-state index is 0.0491. The third-order valence-electron chi connectivity index (χ3n) is 4.09. The van der Waals surface area contributed by atoms with E-state index in [0.29, 0.717) is 17.2 Å². The van der Waals surface area contributed by atoms with Crippen LogP contribution in [0.15, 0.2) is 66.0 Å². The molecule has 4 rings (SSSR count). The van der Waals surface area contributed by atoms with Crippen LogP contribution in [0.1, 0.15) is 5.56 Å². The monoisotopic (exact) mass is 380 g/mol. The largest absolute Gasteiger partial charge is 0.340 e. The van der Waals surface area contributed by atoms with Crippen LogP contribution >= 0.6 is 0 Å². The molecule has 0 saturated carbocycles. The average Bonchev–Trinajstić information content (AvgIpc) is 3.07. The van der Waals surface area contributed by atoms with Gasteiger partial charge in [-0.2, -0.15) is 5.10 Å². The molecule has 4 aromatic rings. The van der Waals surface area contributed by atoms with Crippen LogP contribution in [-0.2, 0) is 10.0 Å². The molecular formula is C18H16N6O2S. The Hall–Kier alpha value is -3.30. The maximum atomic E-state index is 11.4. The molecule has 0 aliphatic carbocycles. The van der Waals surface area contributed by atoms with E-state index in [9.17, 15) is 8.42 Å². The summed E-state index contributed by atoms with van der Waals surface area (Å²) in [4.78, 5) is 8.67. The van der Waals surface area contributed by atoms with Crippen molar-refractivity contribution < 1.29 is 8.42 Å². The SMILES string of the molecule is Cc1ccc(-n2ncc3c(Nc4ccc(S(N)(=O)=O)cc4)ncnc32)cc1. The first-order valence-corrected chi connectivity index (χ1v) is 9.62. The second-order valence-corrected chi connectivity index (χ2v) is 7.61. The highest BCUT2D eigenvalue weighted by Crippen LogP contribution is 2.25. The molecule has 0 atom stereocenters. The summed E-state index contributed by atoms with van der Waals surface area (Å²) >= 11 is 0. The summed E-state index contributed by atoms with van der Waals surface area (Å²) < 4.78 is 24.5. The van der Waals surface area contributed by atoms with E-state index in [2.05, 4.69) is 20.4 Å². The lowest BCUT2D eigenvalue weighted by Crippen LogP contribution is -2.11. The molecule has 9 heteroatoms. The molecule has 0 saturated heterocycles. The van der Waals surface area contributed by atoms with Crippen LogP contribution in [0.3, 0.4) is 0 Å². The van der Waals surface area contributed by atoms with Crippen LogP contribution in [-0.4, -0.2) is 28.2 Å². The standard InChI is InChI=1S/C18H16N6O2S/c1-12-2-6-14(7-3-12)24-18-16(10-22-24)17(20-11-21-18)23-13-4-8-15(9-5-13)27(19,25)26/h2-11H,1H3,(H2,19,25,26)(H,20,21,23). The molecule has 0 aliphatic heterocycles. The fraction of sp³-hybridized carbons (Fsp3) is 0.0556. The Balaban J connectivity index is 1.70. The average molecular weight is 380 g/mol. The molecule has 0 unspecified atom stereocenters. The summed E-state index contributed by atoms with van der Waals surface area (Å²) in [5, 5.41) is 13.4. The Morgan fingerprint density at radius 3 is 2.37 bits per heavy atom. The van der Waals surface area contributed by atoms with E-state index < -0.39 is 10.0 Å². The van der Waals surface area contributed by atoms with Crippen LogP contribution in [0, 0.1) is 6.92 Å². The van der Waals surface area contributed by atoms with Crippen molar-refractivity contribution in [1.29, 1.82) is 0 Å². The molecule has 0 fully saturated rings. The van der Waals surface area contributed by atoms with Gasteiger partial charge in [0.2, 0.25) is 10.0 Å². The molecule has 27 heavy (non-hydrogen) atoms. The number of aryl methyl sites for hydroxylation is 1. The minimum atomic E-state index is -3.72. The molecule has 0 bridgehead atoms. The maximum Gasteiger partial charge on any atom is 0.238 e. The van der Waals surface area contributed by atoms with Crippen molar-refractivity contribution in [2.75, 3.05) is 5.32 Å². The Morgan fingerprint density at radius 1 is 1.00 bits per heavy atom. The van der Waals surface area contributed by atoms with Crippen molar-refractivity contribution in [1.82, 2.24) is 19.7 Å². The smallest absolute Gasteiger partial charge is 0.238 e. The Kier molecular flexibility index (Phi) is 4.09. The van der Waals surface area contributed by atoms with Crippen LogP contribution in [0.5, 0.6) is 0 Å². The Labute approximate surface area is 155 Å². The lowest BCUT2D eigenvalue weighted by Gasteiger charge is -2.08. The molecule has 2 heterocycles. The zero-order chi connectivity index (χ0) is 19.0. The number of benzene rings is 2. The highest BCUT2D eigenvalue weighted by atomic mass is 32.2. The van der Waals surface area contributed by atoms with E-state index in [1.165, 1.54) is 18.5 Å². The van der Waals surface area contributed by atoms with Crippen molar-refractivity contribution in [3.63, 3.8) is 0 Å². The summed E-state index contributed by atoms with van der Waals surface area (Å²) in [5.41, 5.74) is 3.40. The van der Waals surface area contributed by atoms with Gasteiger partial charge in [0.05, 0.1) is 22.2 Å². The second kappa shape index (κ2) is 6.45. The first-order valence-electron chi connectivity index (χ1n) is 8.07. The number of aromatic nitrogens is 4. The predicted octanol–water partition coefficient (Wildman–Crippen LogP) is 2.51. The van der Waals surface area contributed by atoms with Crippen LogP contribution in [0.4, 0.5) is 11.5 Å². The van der Waals surface area contributed by atoms with E-state index in [1.54, 1.807) is 23.0 Å². The number of nitrogens with two attached hydrogens (primary N) is 1. The van der Waals surface area contributed by atoms with E-state index in [4.69, 9.17) is 5.14 Å². The first kappa shape index (κ1) is 17.1. The van der Waals surface area contributed by atoms with Gasteiger partial charge < -0.3 is 5.32 Å². The summed E-state index contributed by atoms with van der Waals surface area (Å²) in [6.07, 6.45) is 3.14. The van der Waals surface area contributed by atoms with Gasteiger partial charge in [-0.1, -0.05) is 17.7 Å². The Bertz CT molecular complexity index is 1220. The van der Waals surface area contributed by atoms with Gasteiger partial charge in [0, 0.05) is 5.69 Å². The number of sulfonamides is 1. The van der Waals surface area contributed by atoms with Crippen LogP contribution in [0.2, 0.25) is 0 Å². The molecule has 0 aliphatic rings. The number of anilines is 2. The number of nitrogens with zero attached hydrogens (tertiary/aromatic N) is 4. The highest BCUT2D eigenvalue weighted by Gasteiger charge is 2.12. The van der Waals surface area contributed by atoms with E-state index >= 15 is 0 Å². The van der Waals surface area contributed by atoms with E-state index in [1.807, 2.05) is 31.2 Å². The third kappa shape index (κ3) is 3.37. The molecule has 2 aromatic heterocycles. The fourth-order valence-corrected chi connectivity index (χ4v) is 3.20. The van der Waals surface area contributed by atoms with Crippen molar-refractivity contribution in [2.45, 2.75) is 11.8 Å². The zero-order valence-corrected chi connectivity index (χ0v) is 15.2. The zero-order valence-electron chi connectivity index (χ0n) is 14.4. The van der Waals surface area contributed by atoms with Gasteiger partial charge in [0.1, 0.15) is 12.1 Å². The topological polar surface area (TPSA) is 116 Å². The molecule has 136 valence electrons. The lowest BCUT2D eigenvalue weighted by atomic mass is 10.2. The van der Waals surface area contributed by atoms with Crippen LogP contribution < -0.4 is 10.5 Å². The summed E-state index contributed by atoms with van der Waals surface area (Å²) in [7, 11) is -3.72. The normalized spacial score (nSPS) is 11.6. The number of rotatable bonds is 4. The summed E-state index contributed by atoms with van der Waals surface area (Å²) in [5.74, 6) is 0.571. The van der Waals surface area contributed by atoms with Gasteiger partial charge in [-0.05, 0) is 43.3 Å². The van der Waals surface area contributed by atoms with Crippen LogP contribution in [0.25, 0.3) is 16.7 Å². The highest BCUT2D eigenvalue weighted by molar-refractivity contribution is 7.89. The lowest BCUT2D eigenvalue weighted by molar-refractivity contribution is 0.598. The number of fused-ring (bicyclic) bond motifs is 1. The molecule has 0 amide bonds. The second-order valence-electron chi connectivity index (χ2n) is 6.05. The molecule has 2 aromatic carbocycles. The van der Waals surface area contributed by atoms with Crippen molar-refractivity contribution in [3.05, 3.63) is 66.6 Å². The maximum absolute atomic E-state index is 11.4. The van der Waals surface area contributed by atoms with Gasteiger partial charge in [-0.15, -0.1) is 0 Å². The fourth-order valence-electron chi connectivity index (χ4n) is 2.68. The van der Waals surface area contributed by atoms with Crippen molar-refractivity contribution in [3.8, 4) is 5.69 Å². The van der Waals surface area contributed by atoms with Gasteiger partial charge in [0.25, 0.3) is 0 Å². The van der Waals surface area contributed by atoms with E-state index in [-0.39, 0.29) is 4.90 Å². The van der Waals surface area contributed by atoms with Gasteiger partial charge in [-0.3, -0.25) is 0 Å². The molecule has 8 nitrogen and oxygen atoms in total. The van der Waals surface area contributed by atoms with Gasteiger partial charge in [-0.25, -0.2) is 28.2 Å². The molecule has 3 N–H and O–H groups in total. The Morgan fingerprint density at radius 2 is 1.70 bits per heavy atom. The first-order chi connectivity index (χ1) is 12.9. The molecular weight excluding hydrogens is 364 g/mol. The summed E-state index contributed by atoms with van der Waals surface area (Å²) in [6.45, 7) is 2.02.